The number of carbonyl (C=O) groups is 2. The van der Waals surface area contributed by atoms with Crippen LogP contribution in [0.1, 0.15) is 39.2 Å². The first-order valence-electron chi connectivity index (χ1n) is 11.0. The quantitative estimate of drug-likeness (QED) is 0.155. The Kier molecular flexibility index (Phi) is 20.7. The minimum Gasteiger partial charge on any atom is -0.424 e. The molecule has 1 aromatic carbocycles. The Balaban J connectivity index is 0. The summed E-state index contributed by atoms with van der Waals surface area (Å²) in [7, 11) is 1.92. The van der Waals surface area contributed by atoms with Gasteiger partial charge in [0.05, 0.1) is 0 Å². The van der Waals surface area contributed by atoms with Gasteiger partial charge in [-0.2, -0.15) is 0 Å². The molecule has 1 aromatic rings. The van der Waals surface area contributed by atoms with Gasteiger partial charge in [0.2, 0.25) is 0 Å². The van der Waals surface area contributed by atoms with Gasteiger partial charge in [0.15, 0.2) is 11.6 Å². The zero-order valence-electron chi connectivity index (χ0n) is 21.4. The Bertz CT molecular complexity index is 966. The largest absolute Gasteiger partial charge is 0.424 e. The van der Waals surface area contributed by atoms with Gasteiger partial charge in [-0.25, -0.2) is 4.39 Å². The van der Waals surface area contributed by atoms with Crippen molar-refractivity contribution in [2.45, 2.75) is 33.6 Å². The van der Waals surface area contributed by atoms with Crippen molar-refractivity contribution >= 4 is 18.3 Å². The molecule has 0 fully saturated rings. The monoisotopic (exact) mass is 479 g/mol. The van der Waals surface area contributed by atoms with E-state index in [1.165, 1.54) is 31.6 Å². The summed E-state index contributed by atoms with van der Waals surface area (Å²) in [6.07, 6.45) is 19.8. The highest BCUT2D eigenvalue weighted by molar-refractivity contribution is 5.69. The summed E-state index contributed by atoms with van der Waals surface area (Å²) in [5.74, 6) is -1.16. The van der Waals surface area contributed by atoms with Crippen LogP contribution in [0.25, 0.3) is 6.08 Å². The van der Waals surface area contributed by atoms with Gasteiger partial charge in [-0.05, 0) is 61.6 Å². The molecule has 0 bridgehead atoms. The number of rotatable bonds is 11. The minimum absolute atomic E-state index is 0.0649. The number of nitrogens with one attached hydrogen (secondary N) is 1. The Morgan fingerprint density at radius 3 is 2.23 bits per heavy atom. The van der Waals surface area contributed by atoms with Gasteiger partial charge in [-0.15, -0.1) is 0 Å². The van der Waals surface area contributed by atoms with Crippen LogP contribution in [0.3, 0.4) is 0 Å². The lowest BCUT2D eigenvalue weighted by Gasteiger charge is -2.10. The van der Waals surface area contributed by atoms with Gasteiger partial charge < -0.3 is 14.8 Å². The van der Waals surface area contributed by atoms with Crippen molar-refractivity contribution in [3.8, 4) is 5.75 Å². The van der Waals surface area contributed by atoms with Crippen molar-refractivity contribution in [3.63, 3.8) is 0 Å². The molecule has 1 N–H and O–H groups in total. The fourth-order valence-corrected chi connectivity index (χ4v) is 2.45. The highest BCUT2D eigenvalue weighted by atomic mass is 19.1. The summed E-state index contributed by atoms with van der Waals surface area (Å²) in [4.78, 5) is 19.4. The Labute approximate surface area is 210 Å². The Morgan fingerprint density at radius 1 is 1.09 bits per heavy atom. The normalized spacial score (nSPS) is 10.9. The molecule has 0 radical (unpaired) electrons. The highest BCUT2D eigenvalue weighted by Crippen LogP contribution is 2.19. The van der Waals surface area contributed by atoms with E-state index in [4.69, 9.17) is 4.79 Å². The second-order valence-electron chi connectivity index (χ2n) is 6.76. The number of hydrogen-bond acceptors (Lipinski definition) is 4. The topological polar surface area (TPSA) is 55.4 Å². The number of allylic oxidation sites excluding steroid dienone is 10. The predicted octanol–water partition coefficient (Wildman–Crippen LogP) is 7.46. The van der Waals surface area contributed by atoms with Gasteiger partial charge in [0.1, 0.15) is 6.29 Å². The lowest BCUT2D eigenvalue weighted by atomic mass is 10.0. The molecule has 0 unspecified atom stereocenters. The average Bonchev–Trinajstić information content (AvgIpc) is 2.83. The van der Waals surface area contributed by atoms with Crippen LogP contribution in [0, 0.1) is 5.82 Å². The molecule has 1 rings (SSSR count). The lowest BCUT2D eigenvalue weighted by Crippen LogP contribution is -2.07. The van der Waals surface area contributed by atoms with Crippen LogP contribution in [0.2, 0.25) is 0 Å². The molecule has 0 aliphatic heterocycles. The van der Waals surface area contributed by atoms with Crippen molar-refractivity contribution in [1.82, 2.24) is 5.32 Å². The average molecular weight is 480 g/mol. The molecule has 0 aliphatic carbocycles. The zero-order valence-corrected chi connectivity index (χ0v) is 21.4. The molecule has 0 atom stereocenters. The van der Waals surface area contributed by atoms with E-state index in [1.807, 2.05) is 44.4 Å². The first-order chi connectivity index (χ1) is 16.7. The maximum Gasteiger partial charge on any atom is 0.308 e. The third-order valence-electron chi connectivity index (χ3n) is 4.04. The molecule has 35 heavy (non-hydrogen) atoms. The van der Waals surface area contributed by atoms with Gasteiger partial charge in [0.25, 0.3) is 0 Å². The van der Waals surface area contributed by atoms with Gasteiger partial charge in [0, 0.05) is 19.7 Å². The molecule has 0 spiro atoms. The summed E-state index contributed by atoms with van der Waals surface area (Å²) in [6, 6.07) is 4.20. The molecule has 0 saturated heterocycles. The van der Waals surface area contributed by atoms with Crippen molar-refractivity contribution in [2.75, 3.05) is 7.05 Å². The van der Waals surface area contributed by atoms with Crippen LogP contribution in [-0.4, -0.2) is 19.3 Å². The number of carbonyl (C=O) groups excluding carboxylic acids is 2. The third kappa shape index (κ3) is 17.2. The smallest absolute Gasteiger partial charge is 0.308 e. The number of esters is 1. The lowest BCUT2D eigenvalue weighted by molar-refractivity contribution is -0.132. The second-order valence-corrected chi connectivity index (χ2v) is 6.76. The van der Waals surface area contributed by atoms with E-state index >= 15 is 0 Å². The Morgan fingerprint density at radius 2 is 1.74 bits per heavy atom. The van der Waals surface area contributed by atoms with E-state index in [-0.39, 0.29) is 5.75 Å². The van der Waals surface area contributed by atoms with Crippen LogP contribution >= 0.6 is 0 Å². The maximum atomic E-state index is 13.0. The summed E-state index contributed by atoms with van der Waals surface area (Å²) in [6.45, 7) is 19.7. The summed E-state index contributed by atoms with van der Waals surface area (Å²) in [5.41, 5.74) is 4.10. The number of halogens is 1. The molecule has 0 amide bonds. The van der Waals surface area contributed by atoms with Gasteiger partial charge >= 0.3 is 5.97 Å². The molecular formula is C30H38FNO3. The van der Waals surface area contributed by atoms with E-state index in [1.54, 1.807) is 24.3 Å². The Hall–Kier alpha value is -3.99. The number of hydrogen-bond donors (Lipinski definition) is 1. The van der Waals surface area contributed by atoms with Crippen LogP contribution in [0.5, 0.6) is 5.75 Å². The third-order valence-corrected chi connectivity index (χ3v) is 4.04. The van der Waals surface area contributed by atoms with Gasteiger partial charge in [-0.1, -0.05) is 81.0 Å². The summed E-state index contributed by atoms with van der Waals surface area (Å²) in [5, 5.41) is 3.17. The number of ether oxygens (including phenoxy) is 1. The number of aldehydes is 1. The molecular weight excluding hydrogens is 441 g/mol. The summed E-state index contributed by atoms with van der Waals surface area (Å²) < 4.78 is 17.6. The van der Waals surface area contributed by atoms with Crippen LogP contribution in [0.4, 0.5) is 4.39 Å². The minimum atomic E-state index is -0.555. The first kappa shape index (κ1) is 33.2. The van der Waals surface area contributed by atoms with Crippen molar-refractivity contribution in [1.29, 1.82) is 0 Å². The fourth-order valence-electron chi connectivity index (χ4n) is 2.45. The molecule has 5 heteroatoms. The fraction of sp³-hybridized carbons (Fsp3) is 0.200. The van der Waals surface area contributed by atoms with Crippen LogP contribution in [0.15, 0.2) is 110 Å². The van der Waals surface area contributed by atoms with Gasteiger partial charge in [-0.3, -0.25) is 4.79 Å². The maximum absolute atomic E-state index is 13.0. The van der Waals surface area contributed by atoms with E-state index in [2.05, 4.69) is 42.4 Å². The molecule has 0 aliphatic rings. The molecule has 0 saturated carbocycles. The molecule has 4 nitrogen and oxygen atoms in total. The van der Waals surface area contributed by atoms with E-state index in [0.29, 0.717) is 5.56 Å². The molecule has 0 aromatic heterocycles. The first-order valence-corrected chi connectivity index (χ1v) is 11.0. The molecule has 0 heterocycles. The highest BCUT2D eigenvalue weighted by Gasteiger charge is 2.05. The number of benzene rings is 1. The summed E-state index contributed by atoms with van der Waals surface area (Å²) >= 11 is 0. The zero-order chi connectivity index (χ0) is 27.1. The van der Waals surface area contributed by atoms with Crippen LogP contribution < -0.4 is 10.1 Å². The van der Waals surface area contributed by atoms with E-state index in [9.17, 15) is 9.18 Å². The van der Waals surface area contributed by atoms with Crippen molar-refractivity contribution in [2.24, 2.45) is 0 Å². The molecule has 188 valence electrons. The number of likely N-dealkylation sites (N-methyl/N-ethyl adjacent to an activating group) is 1. The SMILES string of the molecule is C=C/C=C\C(=C/C=C)CCC(=C)/C(=C\C=C/C)NC.C=Cc1ccc(F)c(OC(C)=O)c1.CC=O. The van der Waals surface area contributed by atoms with E-state index < -0.39 is 11.8 Å². The van der Waals surface area contributed by atoms with Crippen molar-refractivity contribution in [3.05, 3.63) is 121 Å². The van der Waals surface area contributed by atoms with Crippen molar-refractivity contribution < 1.29 is 18.7 Å². The second kappa shape index (κ2) is 21.8. The standard InChI is InChI=1S/C18H25N.C10H9FO2.C2H4O/c1-6-9-12-17(11-8-3)15-14-16(4)18(19-5)13-10-7-2;1-3-8-4-5-9(11)10(6-8)13-7(2)12;1-2-3/h6-13,19H,1,3-4,14-15H2,2,5H3;3-6H,1H2,2H3;2H,1H3/b10-7-,12-9-,17-11+,18-13+;;. The van der Waals surface area contributed by atoms with E-state index in [0.717, 1.165) is 30.4 Å². The predicted molar refractivity (Wildman–Crippen MR) is 147 cm³/mol. The van der Waals surface area contributed by atoms with Crippen LogP contribution in [-0.2, 0) is 9.59 Å².